The molecule has 1 aliphatic heterocycles. The number of hydrogen-bond acceptors (Lipinski definition) is 7. The van der Waals surface area contributed by atoms with E-state index >= 15 is 0 Å². The minimum absolute atomic E-state index is 0.0779. The van der Waals surface area contributed by atoms with Crippen LogP contribution in [0.2, 0.25) is 0 Å². The largest absolute Gasteiger partial charge is 0.451 e. The second-order valence-corrected chi connectivity index (χ2v) is 8.39. The Morgan fingerprint density at radius 1 is 1.15 bits per heavy atom. The first-order valence-electron chi connectivity index (χ1n) is 9.95. The van der Waals surface area contributed by atoms with Crippen molar-refractivity contribution in [3.63, 3.8) is 0 Å². The van der Waals surface area contributed by atoms with Gasteiger partial charge >= 0.3 is 12.3 Å². The predicted octanol–water partition coefficient (Wildman–Crippen LogP) is 2.92. The number of aromatic nitrogens is 4. The molecule has 13 heteroatoms. The molecule has 1 N–H and O–H groups in total. The number of nitrogens with one attached hydrogen (secondary N) is 1. The molecule has 0 spiro atoms. The highest BCUT2D eigenvalue weighted by molar-refractivity contribution is 5.86. The molecule has 33 heavy (non-hydrogen) atoms. The maximum Gasteiger partial charge on any atom is 0.451 e. The van der Waals surface area contributed by atoms with Crippen LogP contribution in [0.3, 0.4) is 0 Å². The summed E-state index contributed by atoms with van der Waals surface area (Å²) in [6.07, 6.45) is -3.82. The van der Waals surface area contributed by atoms with Crippen LogP contribution in [0, 0.1) is 0 Å². The summed E-state index contributed by atoms with van der Waals surface area (Å²) in [6, 6.07) is 0.407. The predicted molar refractivity (Wildman–Crippen MR) is 106 cm³/mol. The van der Waals surface area contributed by atoms with E-state index in [9.17, 15) is 27.2 Å². The van der Waals surface area contributed by atoms with Gasteiger partial charge in [-0.05, 0) is 26.8 Å². The van der Waals surface area contributed by atoms with Gasteiger partial charge in [-0.25, -0.2) is 29.1 Å². The number of carbonyl (C=O) groups is 2. The molecule has 0 bridgehead atoms. The van der Waals surface area contributed by atoms with Crippen LogP contribution in [0.5, 0.6) is 0 Å². The van der Waals surface area contributed by atoms with Crippen molar-refractivity contribution >= 4 is 12.0 Å². The van der Waals surface area contributed by atoms with Crippen molar-refractivity contribution < 1.29 is 31.9 Å². The minimum Gasteiger partial charge on any atom is -0.444 e. The number of alkyl halides is 4. The Balaban J connectivity index is 1.66. The molecule has 178 valence electrons. The van der Waals surface area contributed by atoms with Crippen molar-refractivity contribution in [2.24, 2.45) is 0 Å². The van der Waals surface area contributed by atoms with Crippen LogP contribution in [0.1, 0.15) is 38.7 Å². The third-order valence-corrected chi connectivity index (χ3v) is 4.55. The van der Waals surface area contributed by atoms with Gasteiger partial charge in [0.1, 0.15) is 24.1 Å². The maximum atomic E-state index is 14.0. The summed E-state index contributed by atoms with van der Waals surface area (Å²) in [7, 11) is 0. The molecule has 2 aromatic rings. The van der Waals surface area contributed by atoms with E-state index in [-0.39, 0.29) is 30.8 Å². The topological polar surface area (TPSA) is 110 Å². The molecule has 3 rings (SSSR count). The number of rotatable bonds is 4. The highest BCUT2D eigenvalue weighted by Gasteiger charge is 2.41. The highest BCUT2D eigenvalue weighted by Crippen LogP contribution is 2.27. The molecular formula is C20H22F4N6O3. The second-order valence-electron chi connectivity index (χ2n) is 8.39. The lowest BCUT2D eigenvalue weighted by molar-refractivity contribution is -0.145. The number of likely N-dealkylation sites (tertiary alicyclic amines) is 1. The molecular weight excluding hydrogens is 448 g/mol. The Kier molecular flexibility index (Phi) is 6.79. The number of halogens is 4. The molecule has 2 aromatic heterocycles. The molecule has 0 radical (unpaired) electrons. The van der Waals surface area contributed by atoms with Crippen LogP contribution < -0.4 is 5.32 Å². The molecule has 1 saturated heterocycles. The van der Waals surface area contributed by atoms with Gasteiger partial charge in [0.2, 0.25) is 11.7 Å². The molecule has 2 amide bonds. The lowest BCUT2D eigenvalue weighted by Gasteiger charge is -2.27. The number of hydrogen-bond donors (Lipinski definition) is 1. The summed E-state index contributed by atoms with van der Waals surface area (Å²) in [5.74, 6) is -1.86. The summed E-state index contributed by atoms with van der Waals surface area (Å²) in [4.78, 5) is 40.6. The Bertz CT molecular complexity index is 1010. The first kappa shape index (κ1) is 24.3. The van der Waals surface area contributed by atoms with Crippen molar-refractivity contribution in [2.75, 3.05) is 6.54 Å². The van der Waals surface area contributed by atoms with Crippen molar-refractivity contribution in [1.29, 1.82) is 0 Å². The van der Waals surface area contributed by atoms with Crippen LogP contribution in [0.4, 0.5) is 22.4 Å². The van der Waals surface area contributed by atoms with Crippen molar-refractivity contribution in [1.82, 2.24) is 30.2 Å². The van der Waals surface area contributed by atoms with E-state index < -0.39 is 41.8 Å². The van der Waals surface area contributed by atoms with E-state index in [0.717, 1.165) is 17.3 Å². The van der Waals surface area contributed by atoms with Crippen molar-refractivity contribution in [2.45, 2.75) is 57.7 Å². The van der Waals surface area contributed by atoms with Gasteiger partial charge in [-0.1, -0.05) is 0 Å². The Hall–Kier alpha value is -3.38. The summed E-state index contributed by atoms with van der Waals surface area (Å²) < 4.78 is 57.1. The summed E-state index contributed by atoms with van der Waals surface area (Å²) in [5, 5.41) is 2.59. The van der Waals surface area contributed by atoms with E-state index in [0.29, 0.717) is 5.69 Å². The van der Waals surface area contributed by atoms with Gasteiger partial charge in [0, 0.05) is 24.4 Å². The van der Waals surface area contributed by atoms with E-state index in [2.05, 4.69) is 25.3 Å². The summed E-state index contributed by atoms with van der Waals surface area (Å²) >= 11 is 0. The maximum absolute atomic E-state index is 14.0. The number of ether oxygens (including phenoxy) is 1. The minimum atomic E-state index is -4.66. The molecule has 9 nitrogen and oxygen atoms in total. The average Bonchev–Trinajstić information content (AvgIpc) is 3.12. The molecule has 3 heterocycles. The quantitative estimate of drug-likeness (QED) is 0.684. The van der Waals surface area contributed by atoms with Gasteiger partial charge in [0.25, 0.3) is 0 Å². The summed E-state index contributed by atoms with van der Waals surface area (Å²) in [6.45, 7) is 4.66. The molecule has 0 saturated carbocycles. The van der Waals surface area contributed by atoms with Crippen molar-refractivity contribution in [3.8, 4) is 11.3 Å². The fraction of sp³-hybridized carbons (Fsp3) is 0.500. The third-order valence-electron chi connectivity index (χ3n) is 4.55. The molecule has 0 aromatic carbocycles. The molecule has 0 aliphatic carbocycles. The van der Waals surface area contributed by atoms with Crippen molar-refractivity contribution in [3.05, 3.63) is 36.3 Å². The van der Waals surface area contributed by atoms with Crippen LogP contribution in [-0.4, -0.2) is 61.2 Å². The van der Waals surface area contributed by atoms with Crippen LogP contribution in [0.15, 0.2) is 24.8 Å². The first-order chi connectivity index (χ1) is 15.3. The SMILES string of the molecule is CC(C)(C)OC(=O)N1CC(F)CC1C(=O)NCc1cc(-c2cnc(C(F)(F)F)nc2)ncn1. The zero-order valence-corrected chi connectivity index (χ0v) is 18.1. The van der Waals surface area contributed by atoms with Gasteiger partial charge in [-0.3, -0.25) is 9.69 Å². The standard InChI is InChI=1S/C20H22F4N6O3/c1-19(2,3)33-18(32)30-9-12(21)4-15(30)16(31)25-8-13-5-14(29-10-28-13)11-6-26-17(27-7-11)20(22,23)24/h5-7,10,12,15H,4,8-9H2,1-3H3,(H,25,31). The Labute approximate surface area is 186 Å². The third kappa shape index (κ3) is 6.33. The molecule has 2 atom stereocenters. The number of nitrogens with zero attached hydrogens (tertiary/aromatic N) is 5. The molecule has 1 fully saturated rings. The first-order valence-corrected chi connectivity index (χ1v) is 9.95. The smallest absolute Gasteiger partial charge is 0.444 e. The zero-order chi connectivity index (χ0) is 24.4. The fourth-order valence-corrected chi connectivity index (χ4v) is 3.11. The number of carbonyl (C=O) groups excluding carboxylic acids is 2. The average molecular weight is 470 g/mol. The number of amides is 2. The van der Waals surface area contributed by atoms with Crippen LogP contribution in [0.25, 0.3) is 11.3 Å². The second kappa shape index (κ2) is 9.24. The molecule has 1 aliphatic rings. The van der Waals surface area contributed by atoms with Gasteiger partial charge in [0.05, 0.1) is 24.5 Å². The van der Waals surface area contributed by atoms with Gasteiger partial charge in [-0.15, -0.1) is 0 Å². The lowest BCUT2D eigenvalue weighted by atomic mass is 10.2. The monoisotopic (exact) mass is 470 g/mol. The highest BCUT2D eigenvalue weighted by atomic mass is 19.4. The van der Waals surface area contributed by atoms with Gasteiger partial charge < -0.3 is 10.1 Å². The molecule has 2 unspecified atom stereocenters. The van der Waals surface area contributed by atoms with E-state index in [4.69, 9.17) is 4.74 Å². The van der Waals surface area contributed by atoms with Crippen LogP contribution >= 0.6 is 0 Å². The Morgan fingerprint density at radius 2 is 1.82 bits per heavy atom. The van der Waals surface area contributed by atoms with E-state index in [1.54, 1.807) is 20.8 Å². The van der Waals surface area contributed by atoms with Gasteiger partial charge in [0.15, 0.2) is 0 Å². The normalized spacial score (nSPS) is 18.8. The van der Waals surface area contributed by atoms with E-state index in [1.807, 2.05) is 0 Å². The van der Waals surface area contributed by atoms with E-state index in [1.165, 1.54) is 12.4 Å². The summed E-state index contributed by atoms with van der Waals surface area (Å²) in [5.41, 5.74) is 0.0198. The van der Waals surface area contributed by atoms with Crippen LogP contribution in [-0.2, 0) is 22.3 Å². The lowest BCUT2D eigenvalue weighted by Crippen LogP contribution is -2.47. The van der Waals surface area contributed by atoms with Gasteiger partial charge in [-0.2, -0.15) is 13.2 Å². The Morgan fingerprint density at radius 3 is 2.42 bits per heavy atom. The fourth-order valence-electron chi connectivity index (χ4n) is 3.11. The zero-order valence-electron chi connectivity index (χ0n) is 18.1.